The van der Waals surface area contributed by atoms with Crippen LogP contribution >= 0.6 is 11.3 Å². The van der Waals surface area contributed by atoms with Crippen LogP contribution in [-0.2, 0) is 0 Å². The van der Waals surface area contributed by atoms with E-state index in [0.29, 0.717) is 23.4 Å². The first-order valence-corrected chi connectivity index (χ1v) is 13.8. The summed E-state index contributed by atoms with van der Waals surface area (Å²) < 4.78 is 7.39. The van der Waals surface area contributed by atoms with Gasteiger partial charge in [-0.1, -0.05) is 42.5 Å². The third-order valence-corrected chi connectivity index (χ3v) is 7.73. The molecule has 0 aliphatic carbocycles. The average Bonchev–Trinajstić information content (AvgIpc) is 3.47. The molecule has 0 aliphatic rings. The number of pyridine rings is 1. The quantitative estimate of drug-likeness (QED) is 0.205. The lowest BCUT2D eigenvalue weighted by Crippen LogP contribution is -1.99. The number of hydrogen-bond acceptors (Lipinski definition) is 9. The molecule has 0 amide bonds. The molecule has 0 fully saturated rings. The molecule has 4 heterocycles. The van der Waals surface area contributed by atoms with E-state index in [1.165, 1.54) is 10.1 Å². The van der Waals surface area contributed by atoms with Crippen LogP contribution in [0.4, 0.5) is 17.5 Å². The fourth-order valence-electron chi connectivity index (χ4n) is 4.63. The van der Waals surface area contributed by atoms with Crippen molar-refractivity contribution >= 4 is 49.6 Å². The molecule has 41 heavy (non-hydrogen) atoms. The highest BCUT2D eigenvalue weighted by Crippen LogP contribution is 2.37. The van der Waals surface area contributed by atoms with Crippen LogP contribution in [0.3, 0.4) is 0 Å². The van der Waals surface area contributed by atoms with Crippen LogP contribution in [0, 0.1) is 0 Å². The van der Waals surface area contributed by atoms with Gasteiger partial charge in [0.25, 0.3) is 0 Å². The highest BCUT2D eigenvalue weighted by Gasteiger charge is 2.14. The van der Waals surface area contributed by atoms with Gasteiger partial charge in [0.1, 0.15) is 11.4 Å². The van der Waals surface area contributed by atoms with Gasteiger partial charge >= 0.3 is 0 Å². The number of nitrogens with zero attached hydrogens (tertiary/aromatic N) is 5. The minimum atomic E-state index is 0.461. The lowest BCUT2D eigenvalue weighted by molar-refractivity contribution is 0.465. The second kappa shape index (κ2) is 10.6. The Hall–Kier alpha value is -5.41. The van der Waals surface area contributed by atoms with E-state index in [0.717, 1.165) is 38.3 Å². The van der Waals surface area contributed by atoms with Crippen molar-refractivity contribution < 1.29 is 4.74 Å². The Labute approximate surface area is 239 Å². The van der Waals surface area contributed by atoms with Gasteiger partial charge in [0, 0.05) is 40.6 Å². The summed E-state index contributed by atoms with van der Waals surface area (Å²) in [7, 11) is 1.78. The van der Waals surface area contributed by atoms with E-state index in [1.54, 1.807) is 30.8 Å². The molecule has 7 rings (SSSR count). The zero-order valence-electron chi connectivity index (χ0n) is 21.9. The van der Waals surface area contributed by atoms with Crippen molar-refractivity contribution in [3.8, 4) is 33.5 Å². The molecule has 2 N–H and O–H groups in total. The molecule has 0 saturated heterocycles. The SMILES string of the molecule is CNc1nccc(-c2cccnc2Oc2ccc(Nc3nnc(-c4cc5ccccc5s4)c4ccccc34)cc2)n1. The summed E-state index contributed by atoms with van der Waals surface area (Å²) in [5.41, 5.74) is 3.24. The predicted molar refractivity (Wildman–Crippen MR) is 165 cm³/mol. The van der Waals surface area contributed by atoms with Gasteiger partial charge in [0.2, 0.25) is 11.8 Å². The second-order valence-corrected chi connectivity index (χ2v) is 10.3. The molecule has 7 aromatic rings. The maximum absolute atomic E-state index is 6.16. The van der Waals surface area contributed by atoms with Crippen molar-refractivity contribution in [3.63, 3.8) is 0 Å². The first-order chi connectivity index (χ1) is 20.2. The van der Waals surface area contributed by atoms with Crippen LogP contribution in [0.25, 0.3) is 42.7 Å². The number of benzene rings is 3. The van der Waals surface area contributed by atoms with Crippen molar-refractivity contribution in [3.05, 3.63) is 109 Å². The topological polar surface area (TPSA) is 97.7 Å². The van der Waals surface area contributed by atoms with Gasteiger partial charge in [-0.2, -0.15) is 0 Å². The molecule has 4 aromatic heterocycles. The largest absolute Gasteiger partial charge is 0.438 e. The number of ether oxygens (including phenoxy) is 1. The van der Waals surface area contributed by atoms with Crippen molar-refractivity contribution in [2.24, 2.45) is 0 Å². The number of rotatable bonds is 7. The lowest BCUT2D eigenvalue weighted by Gasteiger charge is -2.12. The Balaban J connectivity index is 1.15. The number of aromatic nitrogens is 5. The van der Waals surface area contributed by atoms with Crippen LogP contribution in [0.15, 0.2) is 109 Å². The van der Waals surface area contributed by atoms with E-state index in [1.807, 2.05) is 54.6 Å². The van der Waals surface area contributed by atoms with E-state index in [-0.39, 0.29) is 0 Å². The predicted octanol–water partition coefficient (Wildman–Crippen LogP) is 7.94. The lowest BCUT2D eigenvalue weighted by atomic mass is 10.1. The Kier molecular flexibility index (Phi) is 6.38. The number of fused-ring (bicyclic) bond motifs is 2. The highest BCUT2D eigenvalue weighted by molar-refractivity contribution is 7.22. The summed E-state index contributed by atoms with van der Waals surface area (Å²) in [4.78, 5) is 14.3. The van der Waals surface area contributed by atoms with Gasteiger partial charge in [0.15, 0.2) is 5.82 Å². The molecule has 0 radical (unpaired) electrons. The smallest absolute Gasteiger partial charge is 0.228 e. The molecule has 0 unspecified atom stereocenters. The first-order valence-electron chi connectivity index (χ1n) is 13.0. The Morgan fingerprint density at radius 3 is 2.44 bits per heavy atom. The zero-order valence-corrected chi connectivity index (χ0v) is 22.8. The molecule has 8 nitrogen and oxygen atoms in total. The zero-order chi connectivity index (χ0) is 27.6. The van der Waals surface area contributed by atoms with Gasteiger partial charge in [-0.15, -0.1) is 21.5 Å². The van der Waals surface area contributed by atoms with E-state index in [2.05, 4.69) is 78.2 Å². The molecule has 0 spiro atoms. The summed E-state index contributed by atoms with van der Waals surface area (Å²) in [6.45, 7) is 0. The Morgan fingerprint density at radius 1 is 0.756 bits per heavy atom. The van der Waals surface area contributed by atoms with Crippen molar-refractivity contribution in [1.82, 2.24) is 25.1 Å². The highest BCUT2D eigenvalue weighted by atomic mass is 32.1. The number of anilines is 3. The summed E-state index contributed by atoms with van der Waals surface area (Å²) in [6, 6.07) is 32.0. The minimum absolute atomic E-state index is 0.461. The van der Waals surface area contributed by atoms with Crippen molar-refractivity contribution in [2.45, 2.75) is 0 Å². The average molecular weight is 554 g/mol. The normalized spacial score (nSPS) is 11.0. The first kappa shape index (κ1) is 24.6. The number of hydrogen-bond donors (Lipinski definition) is 2. The van der Waals surface area contributed by atoms with Gasteiger partial charge in [-0.05, 0) is 60.0 Å². The van der Waals surface area contributed by atoms with Crippen LogP contribution in [0.1, 0.15) is 0 Å². The van der Waals surface area contributed by atoms with Gasteiger partial charge in [-0.3, -0.25) is 0 Å². The standard InChI is InChI=1S/C32H23N7OS/c1-33-32-35-18-16-26(37-32)25-10-6-17-34-31(25)40-22-14-12-21(13-15-22)36-30-24-9-4-3-8-23(24)29(38-39-30)28-19-20-7-2-5-11-27(20)41-28/h2-19H,1H3,(H,36,39)(H,33,35,37). The Bertz CT molecular complexity index is 1970. The molecular formula is C32H23N7OS. The number of thiophene rings is 1. The molecule has 0 aliphatic heterocycles. The summed E-state index contributed by atoms with van der Waals surface area (Å²) in [5, 5.41) is 18.9. The third-order valence-electron chi connectivity index (χ3n) is 6.60. The van der Waals surface area contributed by atoms with Crippen molar-refractivity contribution in [2.75, 3.05) is 17.7 Å². The van der Waals surface area contributed by atoms with Crippen LogP contribution in [-0.4, -0.2) is 32.2 Å². The van der Waals surface area contributed by atoms with E-state index in [4.69, 9.17) is 4.74 Å². The van der Waals surface area contributed by atoms with Gasteiger partial charge in [-0.25, -0.2) is 15.0 Å². The number of nitrogens with one attached hydrogen (secondary N) is 2. The van der Waals surface area contributed by atoms with Gasteiger partial charge < -0.3 is 15.4 Å². The van der Waals surface area contributed by atoms with E-state index in [9.17, 15) is 0 Å². The maximum Gasteiger partial charge on any atom is 0.228 e. The summed E-state index contributed by atoms with van der Waals surface area (Å²) >= 11 is 1.73. The van der Waals surface area contributed by atoms with Crippen LogP contribution in [0.5, 0.6) is 11.6 Å². The van der Waals surface area contributed by atoms with Crippen LogP contribution in [0.2, 0.25) is 0 Å². The van der Waals surface area contributed by atoms with E-state index < -0.39 is 0 Å². The fourth-order valence-corrected chi connectivity index (χ4v) is 5.69. The minimum Gasteiger partial charge on any atom is -0.438 e. The van der Waals surface area contributed by atoms with Gasteiger partial charge in [0.05, 0.1) is 16.1 Å². The summed E-state index contributed by atoms with van der Waals surface area (Å²) in [6.07, 6.45) is 3.40. The molecule has 0 atom stereocenters. The van der Waals surface area contributed by atoms with E-state index >= 15 is 0 Å². The van der Waals surface area contributed by atoms with Crippen molar-refractivity contribution in [1.29, 1.82) is 0 Å². The second-order valence-electron chi connectivity index (χ2n) is 9.21. The molecule has 0 bridgehead atoms. The molecule has 0 saturated carbocycles. The molecule has 9 heteroatoms. The van der Waals surface area contributed by atoms with Crippen LogP contribution < -0.4 is 15.4 Å². The monoisotopic (exact) mass is 553 g/mol. The molecule has 3 aromatic carbocycles. The summed E-state index contributed by atoms with van der Waals surface area (Å²) in [5.74, 6) is 2.33. The molecule has 198 valence electrons. The fraction of sp³-hybridized carbons (Fsp3) is 0.0312. The Morgan fingerprint density at radius 2 is 1.59 bits per heavy atom. The maximum atomic E-state index is 6.16. The third kappa shape index (κ3) is 4.90. The molecular weight excluding hydrogens is 530 g/mol.